The standard InChI is InChI=1S/C33H25N9O2S/c43-42(44)28-22-24(32(35-30-17-9-10-20-34-30)41-27-16-8-7-15-26(27)36-39-41)18-19-29(28)45-33-38-37-31(21-23-11-3-1-4-12-23)40(33)25-13-5-2-6-14-25/h1-20,22,32H,21H2,(H,34,35)/t32-/m1/s1. The molecule has 1 atom stereocenters. The summed E-state index contributed by atoms with van der Waals surface area (Å²) in [6.45, 7) is 0. The number of nitro groups is 1. The van der Waals surface area contributed by atoms with Crippen molar-refractivity contribution in [1.29, 1.82) is 0 Å². The van der Waals surface area contributed by atoms with E-state index in [2.05, 4.69) is 30.8 Å². The van der Waals surface area contributed by atoms with Gasteiger partial charge in [-0.05, 0) is 59.8 Å². The molecule has 0 aliphatic rings. The fraction of sp³-hybridized carbons (Fsp3) is 0.0606. The summed E-state index contributed by atoms with van der Waals surface area (Å²) in [5.74, 6) is 1.32. The van der Waals surface area contributed by atoms with E-state index in [4.69, 9.17) is 0 Å². The van der Waals surface area contributed by atoms with Crippen LogP contribution in [0.15, 0.2) is 138 Å². The minimum atomic E-state index is -0.629. The predicted molar refractivity (Wildman–Crippen MR) is 171 cm³/mol. The van der Waals surface area contributed by atoms with E-state index < -0.39 is 6.17 Å². The van der Waals surface area contributed by atoms with Gasteiger partial charge < -0.3 is 5.32 Å². The molecule has 11 nitrogen and oxygen atoms in total. The lowest BCUT2D eigenvalue weighted by atomic mass is 10.1. The van der Waals surface area contributed by atoms with E-state index >= 15 is 0 Å². The molecule has 0 spiro atoms. The molecule has 220 valence electrons. The lowest BCUT2D eigenvalue weighted by Gasteiger charge is -2.21. The van der Waals surface area contributed by atoms with Crippen LogP contribution < -0.4 is 5.32 Å². The van der Waals surface area contributed by atoms with E-state index in [0.29, 0.717) is 33.4 Å². The zero-order valence-electron chi connectivity index (χ0n) is 23.7. The van der Waals surface area contributed by atoms with Crippen LogP contribution >= 0.6 is 11.8 Å². The van der Waals surface area contributed by atoms with Crippen LogP contribution in [0.3, 0.4) is 0 Å². The second-order valence-corrected chi connectivity index (χ2v) is 11.1. The summed E-state index contributed by atoms with van der Waals surface area (Å²) >= 11 is 1.20. The van der Waals surface area contributed by atoms with Gasteiger partial charge in [0.05, 0.1) is 15.3 Å². The van der Waals surface area contributed by atoms with E-state index in [0.717, 1.165) is 22.6 Å². The summed E-state index contributed by atoms with van der Waals surface area (Å²) < 4.78 is 3.65. The molecule has 0 saturated heterocycles. The summed E-state index contributed by atoms with van der Waals surface area (Å²) in [7, 11) is 0. The summed E-state index contributed by atoms with van der Waals surface area (Å²) in [5, 5.41) is 34.1. The van der Waals surface area contributed by atoms with Gasteiger partial charge in [0, 0.05) is 29.9 Å². The molecule has 3 aromatic heterocycles. The van der Waals surface area contributed by atoms with E-state index in [1.54, 1.807) is 23.0 Å². The lowest BCUT2D eigenvalue weighted by molar-refractivity contribution is -0.387. The number of nitro benzene ring substituents is 1. The highest BCUT2D eigenvalue weighted by molar-refractivity contribution is 7.99. The third-order valence-corrected chi connectivity index (χ3v) is 8.20. The zero-order chi connectivity index (χ0) is 30.6. The van der Waals surface area contributed by atoms with Gasteiger partial charge in [-0.1, -0.05) is 78.0 Å². The number of anilines is 1. The number of aromatic nitrogens is 7. The number of fused-ring (bicyclic) bond motifs is 1. The molecule has 7 aromatic rings. The molecule has 0 aliphatic carbocycles. The summed E-state index contributed by atoms with van der Waals surface area (Å²) in [6.07, 6.45) is 1.60. The topological polar surface area (TPSA) is 129 Å². The van der Waals surface area contributed by atoms with Gasteiger partial charge in [0.15, 0.2) is 0 Å². The Labute approximate surface area is 261 Å². The maximum atomic E-state index is 12.5. The number of benzene rings is 4. The van der Waals surface area contributed by atoms with Gasteiger partial charge in [-0.25, -0.2) is 9.67 Å². The summed E-state index contributed by atoms with van der Waals surface area (Å²) in [5.41, 5.74) is 3.98. The largest absolute Gasteiger partial charge is 0.345 e. The number of pyridine rings is 1. The molecular formula is C33H25N9O2S. The average Bonchev–Trinajstić information content (AvgIpc) is 3.69. The molecule has 45 heavy (non-hydrogen) atoms. The second kappa shape index (κ2) is 12.4. The maximum Gasteiger partial charge on any atom is 0.283 e. The second-order valence-electron chi connectivity index (χ2n) is 10.1. The van der Waals surface area contributed by atoms with Crippen molar-refractivity contribution >= 4 is 34.3 Å². The Morgan fingerprint density at radius 1 is 0.822 bits per heavy atom. The number of nitrogens with one attached hydrogen (secondary N) is 1. The Kier molecular flexibility index (Phi) is 7.69. The highest BCUT2D eigenvalue weighted by Crippen LogP contribution is 2.38. The first kappa shape index (κ1) is 27.9. The Balaban J connectivity index is 1.29. The van der Waals surface area contributed by atoms with Crippen molar-refractivity contribution < 1.29 is 4.92 Å². The van der Waals surface area contributed by atoms with Crippen LogP contribution in [0.4, 0.5) is 11.5 Å². The van der Waals surface area contributed by atoms with Crippen LogP contribution in [0.2, 0.25) is 0 Å². The van der Waals surface area contributed by atoms with Gasteiger partial charge in [0.1, 0.15) is 23.3 Å². The van der Waals surface area contributed by atoms with Crippen LogP contribution in [-0.2, 0) is 6.42 Å². The van der Waals surface area contributed by atoms with Crippen molar-refractivity contribution in [1.82, 2.24) is 34.7 Å². The normalized spacial score (nSPS) is 11.8. The van der Waals surface area contributed by atoms with Crippen LogP contribution in [0.5, 0.6) is 0 Å². The predicted octanol–water partition coefficient (Wildman–Crippen LogP) is 6.72. The molecule has 0 radical (unpaired) electrons. The molecule has 0 saturated carbocycles. The molecule has 0 unspecified atom stereocenters. The van der Waals surface area contributed by atoms with Crippen molar-refractivity contribution in [2.45, 2.75) is 22.6 Å². The Bertz CT molecular complexity index is 2080. The number of nitrogens with zero attached hydrogens (tertiary/aromatic N) is 8. The highest BCUT2D eigenvalue weighted by atomic mass is 32.2. The molecule has 12 heteroatoms. The van der Waals surface area contributed by atoms with Gasteiger partial charge in [-0.15, -0.1) is 15.3 Å². The first-order valence-electron chi connectivity index (χ1n) is 14.1. The Morgan fingerprint density at radius 2 is 1.58 bits per heavy atom. The lowest BCUT2D eigenvalue weighted by Crippen LogP contribution is -2.21. The van der Waals surface area contributed by atoms with Gasteiger partial charge in [0.25, 0.3) is 5.69 Å². The average molecular weight is 612 g/mol. The minimum absolute atomic E-state index is 0.0676. The number of hydrogen-bond acceptors (Lipinski definition) is 9. The quantitative estimate of drug-likeness (QED) is 0.132. The fourth-order valence-corrected chi connectivity index (χ4v) is 6.03. The van der Waals surface area contributed by atoms with Crippen molar-refractivity contribution in [2.75, 3.05) is 5.32 Å². The van der Waals surface area contributed by atoms with Crippen molar-refractivity contribution in [3.8, 4) is 5.69 Å². The molecule has 0 aliphatic heterocycles. The summed E-state index contributed by atoms with van der Waals surface area (Å²) in [4.78, 5) is 17.0. The monoisotopic (exact) mass is 611 g/mol. The third kappa shape index (κ3) is 5.86. The van der Waals surface area contributed by atoms with Gasteiger partial charge in [-0.3, -0.25) is 14.7 Å². The van der Waals surface area contributed by atoms with E-state index in [1.165, 1.54) is 11.8 Å². The third-order valence-electron chi connectivity index (χ3n) is 7.19. The molecular weight excluding hydrogens is 586 g/mol. The van der Waals surface area contributed by atoms with E-state index in [1.807, 2.05) is 114 Å². The van der Waals surface area contributed by atoms with E-state index in [9.17, 15) is 10.1 Å². The fourth-order valence-electron chi connectivity index (χ4n) is 5.08. The van der Waals surface area contributed by atoms with Gasteiger partial charge in [0.2, 0.25) is 5.16 Å². The maximum absolute atomic E-state index is 12.5. The molecule has 4 aromatic carbocycles. The minimum Gasteiger partial charge on any atom is -0.345 e. The number of rotatable bonds is 10. The highest BCUT2D eigenvalue weighted by Gasteiger charge is 2.25. The SMILES string of the molecule is O=[N+]([O-])c1cc([C@H](Nc2ccccn2)n2nnc3ccccc32)ccc1Sc1nnc(Cc2ccccc2)n1-c1ccccc1. The smallest absolute Gasteiger partial charge is 0.283 e. The molecule has 0 fully saturated rings. The Hall–Kier alpha value is -5.88. The summed E-state index contributed by atoms with van der Waals surface area (Å²) in [6, 6.07) is 38.0. The molecule has 0 amide bonds. The van der Waals surface area contributed by atoms with Crippen LogP contribution in [0, 0.1) is 10.1 Å². The van der Waals surface area contributed by atoms with Crippen molar-refractivity contribution in [3.05, 3.63) is 155 Å². The Morgan fingerprint density at radius 3 is 2.36 bits per heavy atom. The van der Waals surface area contributed by atoms with E-state index in [-0.39, 0.29) is 10.6 Å². The van der Waals surface area contributed by atoms with Crippen LogP contribution in [0.1, 0.15) is 23.1 Å². The molecule has 7 rings (SSSR count). The first-order valence-corrected chi connectivity index (χ1v) is 14.9. The van der Waals surface area contributed by atoms with Crippen LogP contribution in [-0.4, -0.2) is 39.7 Å². The molecule has 1 N–H and O–H groups in total. The van der Waals surface area contributed by atoms with Crippen molar-refractivity contribution in [2.24, 2.45) is 0 Å². The first-order chi connectivity index (χ1) is 22.1. The molecule has 3 heterocycles. The van der Waals surface area contributed by atoms with Crippen molar-refractivity contribution in [3.63, 3.8) is 0 Å². The van der Waals surface area contributed by atoms with Gasteiger partial charge in [-0.2, -0.15) is 0 Å². The van der Waals surface area contributed by atoms with Gasteiger partial charge >= 0.3 is 0 Å². The number of para-hydroxylation sites is 2. The molecule has 0 bridgehead atoms. The zero-order valence-corrected chi connectivity index (χ0v) is 24.5. The number of hydrogen-bond donors (Lipinski definition) is 1. The van der Waals surface area contributed by atoms with Crippen LogP contribution in [0.25, 0.3) is 16.7 Å².